The summed E-state index contributed by atoms with van der Waals surface area (Å²) in [5, 5.41) is 10.2. The lowest BCUT2D eigenvalue weighted by Crippen LogP contribution is -2.43. The smallest absolute Gasteiger partial charge is 0.0499 e. The van der Waals surface area contributed by atoms with E-state index in [0.29, 0.717) is 6.61 Å². The number of aliphatic hydroxyl groups is 1. The van der Waals surface area contributed by atoms with Crippen LogP contribution in [0.3, 0.4) is 0 Å². The zero-order chi connectivity index (χ0) is 12.3. The molecule has 0 atom stereocenters. The molecule has 0 saturated heterocycles. The first-order valence-corrected chi connectivity index (χ1v) is 6.55. The summed E-state index contributed by atoms with van der Waals surface area (Å²) in [6, 6.07) is 7.97. The highest BCUT2D eigenvalue weighted by Crippen LogP contribution is 2.40. The summed E-state index contributed by atoms with van der Waals surface area (Å²) in [5.41, 5.74) is 1.44. The zero-order valence-electron chi connectivity index (χ0n) is 10.3. The molecular weight excluding hydrogens is 234 g/mol. The maximum absolute atomic E-state index is 9.44. The highest BCUT2D eigenvalue weighted by atomic mass is 35.5. The molecule has 2 rings (SSSR count). The number of aliphatic hydroxyl groups excluding tert-OH is 1. The van der Waals surface area contributed by atoms with Crippen molar-refractivity contribution < 1.29 is 5.11 Å². The van der Waals surface area contributed by atoms with Gasteiger partial charge in [-0.05, 0) is 37.6 Å². The van der Waals surface area contributed by atoms with E-state index < -0.39 is 0 Å². The summed E-state index contributed by atoms with van der Waals surface area (Å²) in [6.45, 7) is 2.21. The fraction of sp³-hybridized carbons (Fsp3) is 0.571. The minimum Gasteiger partial charge on any atom is -0.396 e. The predicted molar refractivity (Wildman–Crippen MR) is 71.2 cm³/mol. The van der Waals surface area contributed by atoms with Crippen molar-refractivity contribution in [1.82, 2.24) is 4.90 Å². The van der Waals surface area contributed by atoms with Crippen LogP contribution in [0.2, 0.25) is 5.02 Å². The Labute approximate surface area is 108 Å². The first-order valence-electron chi connectivity index (χ1n) is 6.17. The van der Waals surface area contributed by atoms with Crippen LogP contribution in [0.5, 0.6) is 0 Å². The molecule has 94 valence electrons. The molecule has 17 heavy (non-hydrogen) atoms. The molecule has 0 unspecified atom stereocenters. The van der Waals surface area contributed by atoms with Gasteiger partial charge in [0.2, 0.25) is 0 Å². The molecule has 0 amide bonds. The second-order valence-electron chi connectivity index (χ2n) is 5.31. The molecule has 0 radical (unpaired) electrons. The Morgan fingerprint density at radius 3 is 2.41 bits per heavy atom. The van der Waals surface area contributed by atoms with Crippen molar-refractivity contribution in [2.24, 2.45) is 5.41 Å². The van der Waals surface area contributed by atoms with Crippen LogP contribution < -0.4 is 0 Å². The average Bonchev–Trinajstić information content (AvgIpc) is 2.27. The molecule has 0 aliphatic heterocycles. The Morgan fingerprint density at radius 2 is 1.94 bits per heavy atom. The van der Waals surface area contributed by atoms with Gasteiger partial charge < -0.3 is 10.0 Å². The number of hydrogen-bond acceptors (Lipinski definition) is 2. The highest BCUT2D eigenvalue weighted by Gasteiger charge is 2.37. The van der Waals surface area contributed by atoms with Crippen molar-refractivity contribution in [3.8, 4) is 0 Å². The van der Waals surface area contributed by atoms with Crippen molar-refractivity contribution in [3.05, 3.63) is 34.9 Å². The van der Waals surface area contributed by atoms with Gasteiger partial charge in [0.1, 0.15) is 0 Å². The van der Waals surface area contributed by atoms with Crippen LogP contribution in [-0.4, -0.2) is 30.2 Å². The molecule has 1 saturated carbocycles. The van der Waals surface area contributed by atoms with E-state index in [-0.39, 0.29) is 5.41 Å². The maximum Gasteiger partial charge on any atom is 0.0499 e. The zero-order valence-corrected chi connectivity index (χ0v) is 11.1. The van der Waals surface area contributed by atoms with E-state index in [2.05, 4.69) is 24.1 Å². The standard InChI is InChI=1S/C14H20ClNO/c1-16(10-14(11-17)7-2-8-14)9-12-3-5-13(15)6-4-12/h3-6,17H,2,7-11H2,1H3. The quantitative estimate of drug-likeness (QED) is 0.872. The monoisotopic (exact) mass is 253 g/mol. The van der Waals surface area contributed by atoms with Gasteiger partial charge in [-0.1, -0.05) is 30.2 Å². The Bertz CT molecular complexity index is 353. The SMILES string of the molecule is CN(Cc1ccc(Cl)cc1)CC1(CO)CCC1. The lowest BCUT2D eigenvalue weighted by Gasteiger charge is -2.43. The molecule has 3 heteroatoms. The molecule has 0 heterocycles. The van der Waals surface area contributed by atoms with Gasteiger partial charge in [-0.3, -0.25) is 0 Å². The summed E-state index contributed by atoms with van der Waals surface area (Å²) in [7, 11) is 2.12. The van der Waals surface area contributed by atoms with E-state index in [0.717, 1.165) is 31.0 Å². The molecular formula is C14H20ClNO. The molecule has 1 fully saturated rings. The van der Waals surface area contributed by atoms with E-state index in [9.17, 15) is 5.11 Å². The average molecular weight is 254 g/mol. The Kier molecular flexibility index (Phi) is 4.08. The van der Waals surface area contributed by atoms with E-state index in [1.807, 2.05) is 12.1 Å². The molecule has 0 spiro atoms. The molecule has 1 aromatic rings. The lowest BCUT2D eigenvalue weighted by atomic mass is 9.69. The van der Waals surface area contributed by atoms with Crippen LogP contribution in [0.4, 0.5) is 0 Å². The number of nitrogens with zero attached hydrogens (tertiary/aromatic N) is 1. The Hall–Kier alpha value is -0.570. The third-order valence-corrected chi connectivity index (χ3v) is 3.97. The maximum atomic E-state index is 9.44. The third kappa shape index (κ3) is 3.21. The topological polar surface area (TPSA) is 23.5 Å². The van der Waals surface area contributed by atoms with Gasteiger partial charge in [0.25, 0.3) is 0 Å². The van der Waals surface area contributed by atoms with Crippen LogP contribution in [0.25, 0.3) is 0 Å². The second-order valence-corrected chi connectivity index (χ2v) is 5.75. The third-order valence-electron chi connectivity index (χ3n) is 3.72. The van der Waals surface area contributed by atoms with Crippen molar-refractivity contribution in [1.29, 1.82) is 0 Å². The van der Waals surface area contributed by atoms with Gasteiger partial charge >= 0.3 is 0 Å². The van der Waals surface area contributed by atoms with Gasteiger partial charge in [0.05, 0.1) is 0 Å². The minimum absolute atomic E-state index is 0.168. The van der Waals surface area contributed by atoms with Crippen molar-refractivity contribution in [2.75, 3.05) is 20.2 Å². The number of rotatable bonds is 5. The summed E-state index contributed by atoms with van der Waals surface area (Å²) in [6.07, 6.45) is 3.58. The van der Waals surface area contributed by atoms with E-state index >= 15 is 0 Å². The molecule has 0 aromatic heterocycles. The van der Waals surface area contributed by atoms with E-state index in [1.165, 1.54) is 12.0 Å². The van der Waals surface area contributed by atoms with Gasteiger partial charge in [-0.25, -0.2) is 0 Å². The summed E-state index contributed by atoms with van der Waals surface area (Å²) >= 11 is 5.86. The fourth-order valence-electron chi connectivity index (χ4n) is 2.57. The summed E-state index contributed by atoms with van der Waals surface area (Å²) in [5.74, 6) is 0. The van der Waals surface area contributed by atoms with Gasteiger partial charge in [0, 0.05) is 30.1 Å². The first kappa shape index (κ1) is 12.9. The Morgan fingerprint density at radius 1 is 1.29 bits per heavy atom. The first-order chi connectivity index (χ1) is 8.13. The van der Waals surface area contributed by atoms with Crippen LogP contribution in [0, 0.1) is 5.41 Å². The molecule has 2 nitrogen and oxygen atoms in total. The number of benzene rings is 1. The van der Waals surface area contributed by atoms with Crippen LogP contribution in [-0.2, 0) is 6.54 Å². The van der Waals surface area contributed by atoms with Gasteiger partial charge in [-0.2, -0.15) is 0 Å². The molecule has 1 aliphatic rings. The van der Waals surface area contributed by atoms with Crippen molar-refractivity contribution >= 4 is 11.6 Å². The second kappa shape index (κ2) is 5.38. The van der Waals surface area contributed by atoms with Crippen molar-refractivity contribution in [2.45, 2.75) is 25.8 Å². The molecule has 1 N–H and O–H groups in total. The predicted octanol–water partition coefficient (Wildman–Crippen LogP) is 2.93. The largest absolute Gasteiger partial charge is 0.396 e. The lowest BCUT2D eigenvalue weighted by molar-refractivity contribution is 0.0127. The van der Waals surface area contributed by atoms with E-state index in [4.69, 9.17) is 11.6 Å². The number of hydrogen-bond donors (Lipinski definition) is 1. The Balaban J connectivity index is 1.88. The van der Waals surface area contributed by atoms with Gasteiger partial charge in [0.15, 0.2) is 0 Å². The van der Waals surface area contributed by atoms with Crippen molar-refractivity contribution in [3.63, 3.8) is 0 Å². The van der Waals surface area contributed by atoms with Crippen LogP contribution >= 0.6 is 11.6 Å². The number of halogens is 1. The van der Waals surface area contributed by atoms with Crippen LogP contribution in [0.1, 0.15) is 24.8 Å². The fourth-order valence-corrected chi connectivity index (χ4v) is 2.70. The van der Waals surface area contributed by atoms with E-state index in [1.54, 1.807) is 0 Å². The molecule has 1 aromatic carbocycles. The highest BCUT2D eigenvalue weighted by molar-refractivity contribution is 6.30. The molecule has 0 bridgehead atoms. The molecule has 1 aliphatic carbocycles. The van der Waals surface area contributed by atoms with Crippen LogP contribution in [0.15, 0.2) is 24.3 Å². The van der Waals surface area contributed by atoms with Gasteiger partial charge in [-0.15, -0.1) is 0 Å². The summed E-state index contributed by atoms with van der Waals surface area (Å²) in [4.78, 5) is 2.29. The summed E-state index contributed by atoms with van der Waals surface area (Å²) < 4.78 is 0. The minimum atomic E-state index is 0.168. The normalized spacial score (nSPS) is 18.1.